The highest BCUT2D eigenvalue weighted by atomic mass is 32.2. The topological polar surface area (TPSA) is 57.6 Å². The fourth-order valence-corrected chi connectivity index (χ4v) is 3.70. The molecule has 106 valence electrons. The maximum Gasteiger partial charge on any atom is 0.417 e. The van der Waals surface area contributed by atoms with Crippen LogP contribution in [0.5, 0.6) is 0 Å². The molecule has 1 aliphatic heterocycles. The van der Waals surface area contributed by atoms with Crippen LogP contribution in [0.15, 0.2) is 29.2 Å². The number of hydrogen-bond donors (Lipinski definition) is 1. The van der Waals surface area contributed by atoms with Gasteiger partial charge in [0.25, 0.3) is 0 Å². The summed E-state index contributed by atoms with van der Waals surface area (Å²) in [5.74, 6) is 0. The molecule has 0 bridgehead atoms. The molecule has 0 radical (unpaired) electrons. The maximum absolute atomic E-state index is 12.8. The second-order valence-electron chi connectivity index (χ2n) is 4.30. The van der Waals surface area contributed by atoms with E-state index < -0.39 is 32.8 Å². The summed E-state index contributed by atoms with van der Waals surface area (Å²) in [6, 6.07) is 4.05. The fraction of sp³-hybridized carbons (Fsp3) is 0.455. The summed E-state index contributed by atoms with van der Waals surface area (Å²) in [6.45, 7) is -0.149. The largest absolute Gasteiger partial charge is 0.417 e. The van der Waals surface area contributed by atoms with E-state index in [4.69, 9.17) is 0 Å². The standard InChI is InChI=1S/C11H12F3NO3S/c12-11(13,14)9-3-1-2-4-10(9)19(17,18)15-6-5-8(16)7-15/h1-4,8,16H,5-7H2/t8-/m1/s1. The molecule has 1 N–H and O–H groups in total. The van der Waals surface area contributed by atoms with Gasteiger partial charge in [0.1, 0.15) is 0 Å². The molecule has 1 heterocycles. The molecule has 0 spiro atoms. The Labute approximate surface area is 108 Å². The van der Waals surface area contributed by atoms with Gasteiger partial charge in [-0.15, -0.1) is 0 Å². The molecule has 1 aromatic carbocycles. The van der Waals surface area contributed by atoms with Gasteiger partial charge in [-0.1, -0.05) is 12.1 Å². The molecule has 1 atom stereocenters. The van der Waals surface area contributed by atoms with Crippen molar-refractivity contribution in [3.8, 4) is 0 Å². The Kier molecular flexibility index (Phi) is 3.59. The van der Waals surface area contributed by atoms with Gasteiger partial charge in [0.2, 0.25) is 10.0 Å². The van der Waals surface area contributed by atoms with Gasteiger partial charge in [0.05, 0.1) is 16.6 Å². The molecule has 8 heteroatoms. The van der Waals surface area contributed by atoms with E-state index in [1.54, 1.807) is 0 Å². The zero-order valence-electron chi connectivity index (χ0n) is 9.76. The fourth-order valence-electron chi connectivity index (χ4n) is 1.99. The normalized spacial score (nSPS) is 21.8. The van der Waals surface area contributed by atoms with Crippen molar-refractivity contribution in [1.82, 2.24) is 4.31 Å². The summed E-state index contributed by atoms with van der Waals surface area (Å²) in [7, 11) is -4.23. The lowest BCUT2D eigenvalue weighted by Gasteiger charge is -2.19. The van der Waals surface area contributed by atoms with Gasteiger partial charge in [-0.25, -0.2) is 8.42 Å². The van der Waals surface area contributed by atoms with Crippen LogP contribution >= 0.6 is 0 Å². The Hall–Kier alpha value is -1.12. The van der Waals surface area contributed by atoms with Crippen molar-refractivity contribution in [3.05, 3.63) is 29.8 Å². The molecule has 0 aromatic heterocycles. The number of aliphatic hydroxyl groups is 1. The van der Waals surface area contributed by atoms with Crippen LogP contribution in [0.2, 0.25) is 0 Å². The third-order valence-electron chi connectivity index (χ3n) is 2.94. The van der Waals surface area contributed by atoms with Crippen LogP contribution in [0.1, 0.15) is 12.0 Å². The predicted octanol–water partition coefficient (Wildman–Crippen LogP) is 1.46. The highest BCUT2D eigenvalue weighted by Gasteiger charge is 2.40. The average molecular weight is 295 g/mol. The third-order valence-corrected chi connectivity index (χ3v) is 4.86. The van der Waals surface area contributed by atoms with Crippen molar-refractivity contribution in [1.29, 1.82) is 0 Å². The molecular formula is C11H12F3NO3S. The van der Waals surface area contributed by atoms with E-state index >= 15 is 0 Å². The molecule has 1 aliphatic rings. The minimum absolute atomic E-state index is 0.0235. The van der Waals surface area contributed by atoms with Crippen molar-refractivity contribution < 1.29 is 26.7 Å². The Bertz CT molecular complexity index is 571. The zero-order chi connectivity index (χ0) is 14.3. The van der Waals surface area contributed by atoms with Gasteiger partial charge in [-0.2, -0.15) is 17.5 Å². The number of β-amino-alcohol motifs (C(OH)–C–C–N with tert-alkyl or cyclic N) is 1. The molecule has 0 unspecified atom stereocenters. The molecule has 0 aliphatic carbocycles. The summed E-state index contributed by atoms with van der Waals surface area (Å²) in [6.07, 6.45) is -5.33. The number of sulfonamides is 1. The van der Waals surface area contributed by atoms with Crippen LogP contribution in [-0.4, -0.2) is 37.0 Å². The van der Waals surface area contributed by atoms with Gasteiger partial charge in [-0.3, -0.25) is 0 Å². The first-order valence-corrected chi connectivity index (χ1v) is 7.01. The first kappa shape index (κ1) is 14.3. The lowest BCUT2D eigenvalue weighted by Crippen LogP contribution is -2.31. The summed E-state index contributed by atoms with van der Waals surface area (Å²) >= 11 is 0. The monoisotopic (exact) mass is 295 g/mol. The van der Waals surface area contributed by atoms with E-state index in [0.717, 1.165) is 22.5 Å². The van der Waals surface area contributed by atoms with Crippen molar-refractivity contribution >= 4 is 10.0 Å². The lowest BCUT2D eigenvalue weighted by atomic mass is 10.2. The Morgan fingerprint density at radius 1 is 1.26 bits per heavy atom. The van der Waals surface area contributed by atoms with E-state index in [-0.39, 0.29) is 19.5 Å². The first-order valence-electron chi connectivity index (χ1n) is 5.57. The quantitative estimate of drug-likeness (QED) is 0.898. The molecular weight excluding hydrogens is 283 g/mol. The van der Waals surface area contributed by atoms with Crippen molar-refractivity contribution in [2.45, 2.75) is 23.6 Å². The van der Waals surface area contributed by atoms with Gasteiger partial charge >= 0.3 is 6.18 Å². The van der Waals surface area contributed by atoms with Crippen LogP contribution in [0.25, 0.3) is 0 Å². The predicted molar refractivity (Wildman–Crippen MR) is 60.8 cm³/mol. The van der Waals surface area contributed by atoms with E-state index in [2.05, 4.69) is 0 Å². The smallest absolute Gasteiger partial charge is 0.392 e. The number of benzene rings is 1. The molecule has 0 amide bonds. The maximum atomic E-state index is 12.8. The summed E-state index contributed by atoms with van der Waals surface area (Å²) in [5.41, 5.74) is -1.18. The van der Waals surface area contributed by atoms with Crippen LogP contribution in [0, 0.1) is 0 Å². The average Bonchev–Trinajstić information content (AvgIpc) is 2.75. The second-order valence-corrected chi connectivity index (χ2v) is 6.21. The number of rotatable bonds is 2. The molecule has 2 rings (SSSR count). The van der Waals surface area contributed by atoms with Crippen molar-refractivity contribution in [3.63, 3.8) is 0 Å². The molecule has 1 aromatic rings. The Morgan fingerprint density at radius 2 is 1.89 bits per heavy atom. The van der Waals surface area contributed by atoms with E-state index in [1.165, 1.54) is 6.07 Å². The third kappa shape index (κ3) is 2.75. The SMILES string of the molecule is O=S(=O)(c1ccccc1C(F)(F)F)N1CC[C@@H](O)C1. The van der Waals surface area contributed by atoms with E-state index in [1.807, 2.05) is 0 Å². The van der Waals surface area contributed by atoms with Crippen LogP contribution < -0.4 is 0 Å². The number of halogens is 3. The number of aliphatic hydroxyl groups excluding tert-OH is 1. The van der Waals surface area contributed by atoms with Gasteiger partial charge in [-0.05, 0) is 18.6 Å². The molecule has 19 heavy (non-hydrogen) atoms. The summed E-state index contributed by atoms with van der Waals surface area (Å²) in [4.78, 5) is -0.767. The Balaban J connectivity index is 2.47. The highest BCUT2D eigenvalue weighted by molar-refractivity contribution is 7.89. The van der Waals surface area contributed by atoms with Crippen molar-refractivity contribution in [2.75, 3.05) is 13.1 Å². The van der Waals surface area contributed by atoms with E-state index in [0.29, 0.717) is 0 Å². The van der Waals surface area contributed by atoms with E-state index in [9.17, 15) is 26.7 Å². The van der Waals surface area contributed by atoms with Gasteiger partial charge in [0, 0.05) is 13.1 Å². The molecule has 4 nitrogen and oxygen atoms in total. The molecule has 1 fully saturated rings. The number of hydrogen-bond acceptors (Lipinski definition) is 3. The van der Waals surface area contributed by atoms with Crippen LogP contribution in [0.4, 0.5) is 13.2 Å². The zero-order valence-corrected chi connectivity index (χ0v) is 10.6. The first-order chi connectivity index (χ1) is 8.73. The minimum atomic E-state index is -4.73. The van der Waals surface area contributed by atoms with Crippen molar-refractivity contribution in [2.24, 2.45) is 0 Å². The van der Waals surface area contributed by atoms with Crippen LogP contribution in [-0.2, 0) is 16.2 Å². The molecule has 0 saturated carbocycles. The Morgan fingerprint density at radius 3 is 2.42 bits per heavy atom. The molecule has 1 saturated heterocycles. The second kappa shape index (κ2) is 4.77. The van der Waals surface area contributed by atoms with Gasteiger partial charge < -0.3 is 5.11 Å². The number of nitrogens with zero attached hydrogens (tertiary/aromatic N) is 1. The van der Waals surface area contributed by atoms with Gasteiger partial charge in [0.15, 0.2) is 0 Å². The lowest BCUT2D eigenvalue weighted by molar-refractivity contribution is -0.139. The summed E-state index contributed by atoms with van der Waals surface area (Å²) < 4.78 is 63.6. The number of alkyl halides is 3. The summed E-state index contributed by atoms with van der Waals surface area (Å²) in [5, 5.41) is 9.31. The minimum Gasteiger partial charge on any atom is -0.392 e. The highest BCUT2D eigenvalue weighted by Crippen LogP contribution is 2.35. The van der Waals surface area contributed by atoms with Crippen LogP contribution in [0.3, 0.4) is 0 Å².